The number of hydrogen-bond acceptors (Lipinski definition) is 2. The molecule has 0 radical (unpaired) electrons. The Balaban J connectivity index is 2.07. The van der Waals surface area contributed by atoms with Crippen LogP contribution in [0.15, 0.2) is 0 Å². The normalized spacial score (nSPS) is 37.0. The van der Waals surface area contributed by atoms with E-state index in [9.17, 15) is 0 Å². The third kappa shape index (κ3) is 3.76. The van der Waals surface area contributed by atoms with Gasteiger partial charge in [0.15, 0.2) is 0 Å². The minimum Gasteiger partial charge on any atom is -0.326 e. The molecule has 0 bridgehead atoms. The topological polar surface area (TPSA) is 29.3 Å². The van der Waals surface area contributed by atoms with Crippen LogP contribution in [0.5, 0.6) is 0 Å². The summed E-state index contributed by atoms with van der Waals surface area (Å²) in [5.74, 6) is 0.844. The fraction of sp³-hybridized carbons (Fsp3) is 1.00. The average molecular weight is 280 g/mol. The molecule has 4 unspecified atom stereocenters. The Bertz CT molecular complexity index is 292. The minimum atomic E-state index is 0.408. The zero-order chi connectivity index (χ0) is 14.8. The molecule has 4 atom stereocenters. The predicted molar refractivity (Wildman–Crippen MR) is 87.8 cm³/mol. The first kappa shape index (κ1) is 16.3. The lowest BCUT2D eigenvalue weighted by Crippen LogP contribution is -2.57. The van der Waals surface area contributed by atoms with Crippen molar-refractivity contribution in [3.63, 3.8) is 0 Å². The van der Waals surface area contributed by atoms with Crippen LogP contribution < -0.4 is 5.73 Å². The third-order valence-corrected chi connectivity index (χ3v) is 5.81. The van der Waals surface area contributed by atoms with Crippen molar-refractivity contribution < 1.29 is 0 Å². The molecule has 1 saturated heterocycles. The Morgan fingerprint density at radius 2 is 1.85 bits per heavy atom. The Kier molecular flexibility index (Phi) is 5.53. The standard InChI is InChI=1S/C18H36N2/c1-5-8-15-9-6-7-12-20(15)17-13-14(18(2,3)4)10-11-16(17)19/h14-17H,5-13,19H2,1-4H3. The van der Waals surface area contributed by atoms with E-state index in [1.165, 1.54) is 57.9 Å². The summed E-state index contributed by atoms with van der Waals surface area (Å²) in [7, 11) is 0. The molecule has 2 aliphatic rings. The first-order valence-electron chi connectivity index (χ1n) is 8.94. The van der Waals surface area contributed by atoms with E-state index in [-0.39, 0.29) is 0 Å². The molecule has 0 aromatic heterocycles. The fourth-order valence-corrected chi connectivity index (χ4v) is 4.44. The number of likely N-dealkylation sites (tertiary alicyclic amines) is 1. The molecule has 0 aromatic carbocycles. The maximum Gasteiger partial charge on any atom is 0.0252 e. The van der Waals surface area contributed by atoms with Crippen molar-refractivity contribution in [3.05, 3.63) is 0 Å². The molecule has 1 aliphatic carbocycles. The molecule has 20 heavy (non-hydrogen) atoms. The van der Waals surface area contributed by atoms with Crippen molar-refractivity contribution >= 4 is 0 Å². The molecule has 1 aliphatic heterocycles. The quantitative estimate of drug-likeness (QED) is 0.840. The van der Waals surface area contributed by atoms with E-state index >= 15 is 0 Å². The molecule has 2 rings (SSSR count). The summed E-state index contributed by atoms with van der Waals surface area (Å²) in [5, 5.41) is 0. The van der Waals surface area contributed by atoms with Crippen LogP contribution in [0, 0.1) is 11.3 Å². The van der Waals surface area contributed by atoms with Gasteiger partial charge in [-0.1, -0.05) is 40.5 Å². The first-order chi connectivity index (χ1) is 9.43. The molecule has 2 fully saturated rings. The highest BCUT2D eigenvalue weighted by molar-refractivity contribution is 4.95. The van der Waals surface area contributed by atoms with Crippen molar-refractivity contribution in [3.8, 4) is 0 Å². The summed E-state index contributed by atoms with van der Waals surface area (Å²) >= 11 is 0. The number of nitrogens with two attached hydrogens (primary N) is 1. The average Bonchev–Trinajstić information content (AvgIpc) is 2.39. The van der Waals surface area contributed by atoms with Crippen LogP contribution in [-0.4, -0.2) is 29.6 Å². The fourth-order valence-electron chi connectivity index (χ4n) is 4.44. The number of piperidine rings is 1. The van der Waals surface area contributed by atoms with E-state index in [1.807, 2.05) is 0 Å². The molecular formula is C18H36N2. The molecule has 0 amide bonds. The maximum absolute atomic E-state index is 6.53. The molecular weight excluding hydrogens is 244 g/mol. The summed E-state index contributed by atoms with van der Waals surface area (Å²) in [4.78, 5) is 2.82. The Morgan fingerprint density at radius 1 is 1.10 bits per heavy atom. The smallest absolute Gasteiger partial charge is 0.0252 e. The van der Waals surface area contributed by atoms with E-state index in [2.05, 4.69) is 32.6 Å². The van der Waals surface area contributed by atoms with Crippen LogP contribution in [0.1, 0.15) is 79.1 Å². The Hall–Kier alpha value is -0.0800. The van der Waals surface area contributed by atoms with E-state index in [1.54, 1.807) is 0 Å². The highest BCUT2D eigenvalue weighted by Gasteiger charge is 2.39. The molecule has 2 N–H and O–H groups in total. The number of nitrogens with zero attached hydrogens (tertiary/aromatic N) is 1. The Labute approximate surface area is 126 Å². The van der Waals surface area contributed by atoms with Crippen LogP contribution in [-0.2, 0) is 0 Å². The third-order valence-electron chi connectivity index (χ3n) is 5.81. The van der Waals surface area contributed by atoms with Crippen LogP contribution in [0.3, 0.4) is 0 Å². The molecule has 0 spiro atoms. The van der Waals surface area contributed by atoms with Gasteiger partial charge in [-0.15, -0.1) is 0 Å². The summed E-state index contributed by atoms with van der Waals surface area (Å²) in [6, 6.07) is 1.86. The van der Waals surface area contributed by atoms with Gasteiger partial charge in [-0.25, -0.2) is 0 Å². The summed E-state index contributed by atoms with van der Waals surface area (Å²) < 4.78 is 0. The van der Waals surface area contributed by atoms with Gasteiger partial charge in [0.25, 0.3) is 0 Å². The van der Waals surface area contributed by atoms with Gasteiger partial charge in [-0.2, -0.15) is 0 Å². The van der Waals surface area contributed by atoms with E-state index in [0.717, 1.165) is 12.0 Å². The van der Waals surface area contributed by atoms with Crippen molar-refractivity contribution in [1.82, 2.24) is 4.90 Å². The van der Waals surface area contributed by atoms with Crippen LogP contribution in [0.2, 0.25) is 0 Å². The van der Waals surface area contributed by atoms with Crippen molar-refractivity contribution in [2.24, 2.45) is 17.1 Å². The van der Waals surface area contributed by atoms with Gasteiger partial charge in [-0.3, -0.25) is 4.90 Å². The van der Waals surface area contributed by atoms with E-state index < -0.39 is 0 Å². The zero-order valence-corrected chi connectivity index (χ0v) is 14.2. The van der Waals surface area contributed by atoms with E-state index in [0.29, 0.717) is 17.5 Å². The summed E-state index contributed by atoms with van der Waals surface area (Å²) in [5.41, 5.74) is 6.97. The van der Waals surface area contributed by atoms with Crippen LogP contribution >= 0.6 is 0 Å². The second-order valence-corrected chi connectivity index (χ2v) is 8.28. The second-order valence-electron chi connectivity index (χ2n) is 8.28. The second kappa shape index (κ2) is 6.79. The van der Waals surface area contributed by atoms with Crippen LogP contribution in [0.25, 0.3) is 0 Å². The van der Waals surface area contributed by atoms with Crippen molar-refractivity contribution in [2.75, 3.05) is 6.54 Å². The first-order valence-corrected chi connectivity index (χ1v) is 8.94. The predicted octanol–water partition coefficient (Wildman–Crippen LogP) is 4.18. The lowest BCUT2D eigenvalue weighted by atomic mass is 9.69. The highest BCUT2D eigenvalue weighted by Crippen LogP contribution is 2.40. The minimum absolute atomic E-state index is 0.408. The van der Waals surface area contributed by atoms with E-state index in [4.69, 9.17) is 5.73 Å². The maximum atomic E-state index is 6.53. The number of hydrogen-bond donors (Lipinski definition) is 1. The van der Waals surface area contributed by atoms with Gasteiger partial charge in [0, 0.05) is 18.1 Å². The number of rotatable bonds is 3. The van der Waals surface area contributed by atoms with Crippen molar-refractivity contribution in [1.29, 1.82) is 0 Å². The molecule has 1 saturated carbocycles. The molecule has 2 nitrogen and oxygen atoms in total. The largest absolute Gasteiger partial charge is 0.326 e. The van der Waals surface area contributed by atoms with Crippen LogP contribution in [0.4, 0.5) is 0 Å². The zero-order valence-electron chi connectivity index (χ0n) is 14.2. The monoisotopic (exact) mass is 280 g/mol. The van der Waals surface area contributed by atoms with Gasteiger partial charge in [-0.05, 0) is 56.4 Å². The molecule has 1 heterocycles. The molecule has 0 aromatic rings. The van der Waals surface area contributed by atoms with Gasteiger partial charge in [0.1, 0.15) is 0 Å². The molecule has 118 valence electrons. The lowest BCUT2D eigenvalue weighted by molar-refractivity contribution is 0.0214. The Morgan fingerprint density at radius 3 is 2.50 bits per heavy atom. The van der Waals surface area contributed by atoms with Gasteiger partial charge in [0.2, 0.25) is 0 Å². The summed E-state index contributed by atoms with van der Waals surface area (Å²) in [6.45, 7) is 10.8. The van der Waals surface area contributed by atoms with Gasteiger partial charge < -0.3 is 5.73 Å². The van der Waals surface area contributed by atoms with Gasteiger partial charge in [0.05, 0.1) is 0 Å². The molecule has 2 heteroatoms. The van der Waals surface area contributed by atoms with Gasteiger partial charge >= 0.3 is 0 Å². The summed E-state index contributed by atoms with van der Waals surface area (Å²) in [6.07, 6.45) is 10.8. The SMILES string of the molecule is CCCC1CCCCN1C1CC(C(C)(C)C)CCC1N. The lowest BCUT2D eigenvalue weighted by Gasteiger charge is -2.49. The van der Waals surface area contributed by atoms with Crippen molar-refractivity contribution in [2.45, 2.75) is 97.2 Å². The highest BCUT2D eigenvalue weighted by atomic mass is 15.2.